The standard InChI is InChI=1S/C22H31N3O3S/c1-15-8-5-6-12-25(15)13-7-11-23-21(26)20-16(2)24-22(29-20)17-9-10-18(27-3)19(14-17)28-4/h9-10,14-15H,5-8,11-13H2,1-4H3,(H,23,26)/t15-/m1/s1. The number of carbonyl (C=O) groups is 1. The van der Waals surface area contributed by atoms with E-state index in [1.54, 1.807) is 14.2 Å². The highest BCUT2D eigenvalue weighted by molar-refractivity contribution is 7.17. The molecule has 1 aromatic heterocycles. The maximum absolute atomic E-state index is 12.7. The molecule has 158 valence electrons. The van der Waals surface area contributed by atoms with E-state index < -0.39 is 0 Å². The Morgan fingerprint density at radius 3 is 2.79 bits per heavy atom. The average Bonchev–Trinajstić information content (AvgIpc) is 3.13. The summed E-state index contributed by atoms with van der Waals surface area (Å²) in [6.07, 6.45) is 4.87. The van der Waals surface area contributed by atoms with Gasteiger partial charge in [-0.2, -0.15) is 0 Å². The van der Waals surface area contributed by atoms with Crippen LogP contribution < -0.4 is 14.8 Å². The van der Waals surface area contributed by atoms with E-state index in [1.165, 1.54) is 37.1 Å². The molecule has 0 spiro atoms. The number of nitrogens with one attached hydrogen (secondary N) is 1. The number of benzene rings is 1. The number of carbonyl (C=O) groups excluding carboxylic acids is 1. The van der Waals surface area contributed by atoms with Gasteiger partial charge in [-0.3, -0.25) is 4.79 Å². The number of rotatable bonds is 8. The number of thiazole rings is 1. The predicted octanol–water partition coefficient (Wildman–Crippen LogP) is 4.13. The summed E-state index contributed by atoms with van der Waals surface area (Å²) >= 11 is 1.41. The highest BCUT2D eigenvalue weighted by Gasteiger charge is 2.19. The van der Waals surface area contributed by atoms with Gasteiger partial charge in [0.25, 0.3) is 5.91 Å². The Kier molecular flexibility index (Phi) is 7.50. The number of hydrogen-bond acceptors (Lipinski definition) is 6. The van der Waals surface area contributed by atoms with E-state index in [2.05, 4.69) is 22.1 Å². The number of piperidine rings is 1. The molecule has 0 saturated carbocycles. The summed E-state index contributed by atoms with van der Waals surface area (Å²) in [4.78, 5) is 20.4. The van der Waals surface area contributed by atoms with Gasteiger partial charge in [-0.05, 0) is 57.9 Å². The Bertz CT molecular complexity index is 837. The largest absolute Gasteiger partial charge is 0.493 e. The van der Waals surface area contributed by atoms with Gasteiger partial charge in [0.05, 0.1) is 19.9 Å². The molecular formula is C22H31N3O3S. The number of aryl methyl sites for hydroxylation is 1. The fourth-order valence-corrected chi connectivity index (χ4v) is 4.73. The lowest BCUT2D eigenvalue weighted by atomic mass is 10.0. The summed E-state index contributed by atoms with van der Waals surface area (Å²) in [7, 11) is 3.22. The van der Waals surface area contributed by atoms with Crippen LogP contribution >= 0.6 is 11.3 Å². The topological polar surface area (TPSA) is 63.7 Å². The zero-order valence-corrected chi connectivity index (χ0v) is 18.6. The molecule has 1 N–H and O–H groups in total. The van der Waals surface area contributed by atoms with Crippen molar-refractivity contribution >= 4 is 17.2 Å². The lowest BCUT2D eigenvalue weighted by Gasteiger charge is -2.33. The highest BCUT2D eigenvalue weighted by atomic mass is 32.1. The highest BCUT2D eigenvalue weighted by Crippen LogP contribution is 2.34. The van der Waals surface area contributed by atoms with Crippen LogP contribution in [-0.2, 0) is 0 Å². The minimum atomic E-state index is -0.0431. The third kappa shape index (κ3) is 5.28. The van der Waals surface area contributed by atoms with Crippen LogP contribution in [-0.4, -0.2) is 55.7 Å². The minimum absolute atomic E-state index is 0.0431. The molecule has 0 bridgehead atoms. The fraction of sp³-hybridized carbons (Fsp3) is 0.545. The molecule has 6 nitrogen and oxygen atoms in total. The molecule has 1 aromatic carbocycles. The van der Waals surface area contributed by atoms with Crippen LogP contribution in [0.2, 0.25) is 0 Å². The van der Waals surface area contributed by atoms with Crippen molar-refractivity contribution in [2.75, 3.05) is 33.9 Å². The molecule has 1 amide bonds. The Labute approximate surface area is 177 Å². The van der Waals surface area contributed by atoms with Crippen molar-refractivity contribution in [1.82, 2.24) is 15.2 Å². The second kappa shape index (κ2) is 10.1. The zero-order chi connectivity index (χ0) is 20.8. The Balaban J connectivity index is 1.58. The van der Waals surface area contributed by atoms with Gasteiger partial charge < -0.3 is 19.7 Å². The first-order chi connectivity index (χ1) is 14.0. The minimum Gasteiger partial charge on any atom is -0.493 e. The number of amides is 1. The molecule has 1 aliphatic rings. The van der Waals surface area contributed by atoms with Crippen molar-refractivity contribution in [2.24, 2.45) is 0 Å². The van der Waals surface area contributed by atoms with Crippen LogP contribution in [0.25, 0.3) is 10.6 Å². The Hall–Kier alpha value is -2.12. The van der Waals surface area contributed by atoms with E-state index in [1.807, 2.05) is 25.1 Å². The number of ether oxygens (including phenoxy) is 2. The number of methoxy groups -OCH3 is 2. The summed E-state index contributed by atoms with van der Waals surface area (Å²) in [5, 5.41) is 3.86. The molecule has 1 fully saturated rings. The summed E-state index contributed by atoms with van der Waals surface area (Å²) in [6, 6.07) is 6.33. The van der Waals surface area contributed by atoms with Crippen molar-refractivity contribution in [2.45, 2.75) is 45.6 Å². The first-order valence-corrected chi connectivity index (χ1v) is 11.1. The van der Waals surface area contributed by atoms with Gasteiger partial charge in [0.1, 0.15) is 9.88 Å². The van der Waals surface area contributed by atoms with Gasteiger partial charge in [0, 0.05) is 24.7 Å². The first-order valence-electron chi connectivity index (χ1n) is 10.3. The van der Waals surface area contributed by atoms with E-state index in [-0.39, 0.29) is 5.91 Å². The van der Waals surface area contributed by atoms with E-state index in [4.69, 9.17) is 9.47 Å². The van der Waals surface area contributed by atoms with Crippen molar-refractivity contribution in [1.29, 1.82) is 0 Å². The zero-order valence-electron chi connectivity index (χ0n) is 17.8. The summed E-state index contributed by atoms with van der Waals surface area (Å²) in [5.74, 6) is 1.28. The monoisotopic (exact) mass is 417 g/mol. The summed E-state index contributed by atoms with van der Waals surface area (Å²) < 4.78 is 10.7. The van der Waals surface area contributed by atoms with Crippen LogP contribution in [0.5, 0.6) is 11.5 Å². The number of hydrogen-bond donors (Lipinski definition) is 1. The second-order valence-corrected chi connectivity index (χ2v) is 8.49. The van der Waals surface area contributed by atoms with Crippen LogP contribution in [0.4, 0.5) is 0 Å². The third-order valence-electron chi connectivity index (χ3n) is 5.48. The summed E-state index contributed by atoms with van der Waals surface area (Å²) in [6.45, 7) is 7.09. The first kappa shape index (κ1) is 21.6. The third-order valence-corrected chi connectivity index (χ3v) is 6.69. The van der Waals surface area contributed by atoms with Crippen LogP contribution in [0.15, 0.2) is 18.2 Å². The molecule has 0 unspecified atom stereocenters. The molecule has 2 aromatic rings. The molecule has 1 aliphatic heterocycles. The molecule has 1 atom stereocenters. The van der Waals surface area contributed by atoms with Gasteiger partial charge in [-0.1, -0.05) is 6.42 Å². The van der Waals surface area contributed by atoms with Crippen molar-refractivity contribution < 1.29 is 14.3 Å². The molecule has 0 radical (unpaired) electrons. The normalized spacial score (nSPS) is 17.2. The smallest absolute Gasteiger partial charge is 0.263 e. The van der Waals surface area contributed by atoms with Crippen LogP contribution in [0.3, 0.4) is 0 Å². The SMILES string of the molecule is COc1ccc(-c2nc(C)c(C(=O)NCCCN3CCCC[C@H]3C)s2)cc1OC. The van der Waals surface area contributed by atoms with Crippen molar-refractivity contribution in [3.63, 3.8) is 0 Å². The van der Waals surface area contributed by atoms with E-state index in [9.17, 15) is 4.79 Å². The fourth-order valence-electron chi connectivity index (χ4n) is 3.75. The van der Waals surface area contributed by atoms with E-state index in [0.29, 0.717) is 29.0 Å². The number of likely N-dealkylation sites (tertiary alicyclic amines) is 1. The second-order valence-electron chi connectivity index (χ2n) is 7.49. The van der Waals surface area contributed by atoms with Gasteiger partial charge in [0.2, 0.25) is 0 Å². The molecular weight excluding hydrogens is 386 g/mol. The van der Waals surface area contributed by atoms with Crippen molar-refractivity contribution in [3.8, 4) is 22.1 Å². The molecule has 7 heteroatoms. The summed E-state index contributed by atoms with van der Waals surface area (Å²) in [5.41, 5.74) is 1.66. The quantitative estimate of drug-likeness (QED) is 0.655. The van der Waals surface area contributed by atoms with Crippen LogP contribution in [0, 0.1) is 6.92 Å². The van der Waals surface area contributed by atoms with Crippen molar-refractivity contribution in [3.05, 3.63) is 28.8 Å². The predicted molar refractivity (Wildman–Crippen MR) is 117 cm³/mol. The molecule has 29 heavy (non-hydrogen) atoms. The molecule has 3 rings (SSSR count). The van der Waals surface area contributed by atoms with Crippen LogP contribution in [0.1, 0.15) is 48.0 Å². The van der Waals surface area contributed by atoms with Gasteiger partial charge in [-0.25, -0.2) is 4.98 Å². The Morgan fingerprint density at radius 2 is 2.07 bits per heavy atom. The number of aromatic nitrogens is 1. The molecule has 0 aliphatic carbocycles. The van der Waals surface area contributed by atoms with E-state index >= 15 is 0 Å². The van der Waals surface area contributed by atoms with E-state index in [0.717, 1.165) is 29.2 Å². The lowest BCUT2D eigenvalue weighted by molar-refractivity contribution is 0.0952. The maximum atomic E-state index is 12.7. The maximum Gasteiger partial charge on any atom is 0.263 e. The molecule has 1 saturated heterocycles. The molecule has 2 heterocycles. The van der Waals surface area contributed by atoms with Gasteiger partial charge in [0.15, 0.2) is 11.5 Å². The average molecular weight is 418 g/mol. The lowest BCUT2D eigenvalue weighted by Crippen LogP contribution is -2.39. The van der Waals surface area contributed by atoms with Gasteiger partial charge in [-0.15, -0.1) is 11.3 Å². The number of nitrogens with zero attached hydrogens (tertiary/aromatic N) is 2. The Morgan fingerprint density at radius 1 is 1.28 bits per heavy atom. The van der Waals surface area contributed by atoms with Gasteiger partial charge >= 0.3 is 0 Å².